The molecule has 8 heteroatoms. The number of imidazole rings is 1. The van der Waals surface area contributed by atoms with Crippen molar-refractivity contribution in [2.75, 3.05) is 20.8 Å². The molecule has 0 aliphatic carbocycles. The number of aromatic nitrogens is 3. The number of fused-ring (bicyclic) bond motifs is 1. The van der Waals surface area contributed by atoms with Gasteiger partial charge >= 0.3 is 6.03 Å². The van der Waals surface area contributed by atoms with Crippen LogP contribution in [0.25, 0.3) is 5.82 Å². The van der Waals surface area contributed by atoms with Crippen LogP contribution >= 0.6 is 0 Å². The summed E-state index contributed by atoms with van der Waals surface area (Å²) in [5.74, 6) is 2.18. The molecule has 0 saturated heterocycles. The van der Waals surface area contributed by atoms with Crippen LogP contribution in [0.5, 0.6) is 11.5 Å². The van der Waals surface area contributed by atoms with E-state index < -0.39 is 0 Å². The minimum atomic E-state index is -0.0934. The minimum Gasteiger partial charge on any atom is -0.493 e. The van der Waals surface area contributed by atoms with Gasteiger partial charge in [0.1, 0.15) is 12.1 Å². The molecule has 0 bridgehead atoms. The molecule has 1 aromatic carbocycles. The van der Waals surface area contributed by atoms with Gasteiger partial charge in [-0.2, -0.15) is 0 Å². The third kappa shape index (κ3) is 4.01. The SMILES string of the molecule is COc1cc2c(cc1OC)CN(C(=O)NCc1ccc(-n3ccnc3)nc1)CC2. The summed E-state index contributed by atoms with van der Waals surface area (Å²) in [6.07, 6.45) is 7.78. The van der Waals surface area contributed by atoms with Gasteiger partial charge in [-0.3, -0.25) is 4.57 Å². The summed E-state index contributed by atoms with van der Waals surface area (Å²) in [5, 5.41) is 2.98. The molecule has 3 heterocycles. The van der Waals surface area contributed by atoms with Crippen molar-refractivity contribution in [3.8, 4) is 17.3 Å². The van der Waals surface area contributed by atoms with Crippen LogP contribution in [0.3, 0.4) is 0 Å². The van der Waals surface area contributed by atoms with Gasteiger partial charge in [0.25, 0.3) is 0 Å². The van der Waals surface area contributed by atoms with E-state index in [4.69, 9.17) is 9.47 Å². The van der Waals surface area contributed by atoms with Gasteiger partial charge in [-0.25, -0.2) is 14.8 Å². The molecule has 150 valence electrons. The van der Waals surface area contributed by atoms with E-state index in [1.807, 2.05) is 39.9 Å². The number of hydrogen-bond donors (Lipinski definition) is 1. The monoisotopic (exact) mass is 393 g/mol. The molecule has 1 aliphatic heterocycles. The average molecular weight is 393 g/mol. The summed E-state index contributed by atoms with van der Waals surface area (Å²) in [5.41, 5.74) is 3.20. The fourth-order valence-corrected chi connectivity index (χ4v) is 3.41. The van der Waals surface area contributed by atoms with Crippen molar-refractivity contribution in [2.45, 2.75) is 19.5 Å². The highest BCUT2D eigenvalue weighted by molar-refractivity contribution is 5.74. The topological polar surface area (TPSA) is 81.5 Å². The van der Waals surface area contributed by atoms with Crippen molar-refractivity contribution in [3.05, 3.63) is 65.9 Å². The summed E-state index contributed by atoms with van der Waals surface area (Å²) in [7, 11) is 3.24. The quantitative estimate of drug-likeness (QED) is 0.721. The summed E-state index contributed by atoms with van der Waals surface area (Å²) < 4.78 is 12.6. The third-order valence-corrected chi connectivity index (χ3v) is 5.03. The first kappa shape index (κ1) is 18.8. The number of pyridine rings is 1. The summed E-state index contributed by atoms with van der Waals surface area (Å²) in [6, 6.07) is 7.71. The lowest BCUT2D eigenvalue weighted by atomic mass is 9.99. The van der Waals surface area contributed by atoms with Crippen molar-refractivity contribution in [3.63, 3.8) is 0 Å². The number of benzene rings is 1. The second kappa shape index (κ2) is 8.22. The molecule has 2 amide bonds. The third-order valence-electron chi connectivity index (χ3n) is 5.03. The molecule has 0 spiro atoms. The number of carbonyl (C=O) groups excluding carboxylic acids is 1. The molecule has 1 aliphatic rings. The Hall–Kier alpha value is -3.55. The van der Waals surface area contributed by atoms with Gasteiger partial charge < -0.3 is 19.7 Å². The van der Waals surface area contributed by atoms with E-state index in [9.17, 15) is 4.79 Å². The van der Waals surface area contributed by atoms with Crippen molar-refractivity contribution < 1.29 is 14.3 Å². The molecule has 1 N–H and O–H groups in total. The smallest absolute Gasteiger partial charge is 0.317 e. The second-order valence-corrected chi connectivity index (χ2v) is 6.80. The zero-order chi connectivity index (χ0) is 20.2. The van der Waals surface area contributed by atoms with Gasteiger partial charge in [0.05, 0.1) is 14.2 Å². The molecule has 2 aromatic heterocycles. The number of rotatable bonds is 5. The number of methoxy groups -OCH3 is 2. The standard InChI is InChI=1S/C21H23N5O3/c1-28-18-9-16-5-7-25(13-17(16)10-19(18)29-2)21(27)24-12-15-3-4-20(23-11-15)26-8-6-22-14-26/h3-4,6,8-11,14H,5,7,12-13H2,1-2H3,(H,24,27). The number of nitrogens with zero attached hydrogens (tertiary/aromatic N) is 4. The number of amides is 2. The lowest BCUT2D eigenvalue weighted by Crippen LogP contribution is -2.42. The highest BCUT2D eigenvalue weighted by Crippen LogP contribution is 2.33. The van der Waals surface area contributed by atoms with Crippen molar-refractivity contribution in [2.24, 2.45) is 0 Å². The molecule has 0 atom stereocenters. The molecular formula is C21H23N5O3. The fourth-order valence-electron chi connectivity index (χ4n) is 3.41. The number of urea groups is 1. The van der Waals surface area contributed by atoms with Crippen molar-refractivity contribution in [1.29, 1.82) is 0 Å². The van der Waals surface area contributed by atoms with E-state index in [2.05, 4.69) is 15.3 Å². The Labute approximate surface area is 169 Å². The molecule has 0 saturated carbocycles. The van der Waals surface area contributed by atoms with Crippen LogP contribution in [0.1, 0.15) is 16.7 Å². The average Bonchev–Trinajstić information content (AvgIpc) is 3.31. The van der Waals surface area contributed by atoms with E-state index in [-0.39, 0.29) is 6.03 Å². The Kier molecular flexibility index (Phi) is 5.33. The van der Waals surface area contributed by atoms with Crippen LogP contribution in [-0.4, -0.2) is 46.2 Å². The predicted molar refractivity (Wildman–Crippen MR) is 107 cm³/mol. The summed E-state index contributed by atoms with van der Waals surface area (Å²) >= 11 is 0. The summed E-state index contributed by atoms with van der Waals surface area (Å²) in [4.78, 5) is 22.9. The van der Waals surface area contributed by atoms with E-state index >= 15 is 0 Å². The largest absolute Gasteiger partial charge is 0.493 e. The van der Waals surface area contributed by atoms with E-state index in [0.29, 0.717) is 25.4 Å². The Balaban J connectivity index is 1.37. The first-order chi connectivity index (χ1) is 14.2. The Bertz CT molecular complexity index is 986. The van der Waals surface area contributed by atoms with Gasteiger partial charge in [-0.05, 0) is 41.3 Å². The van der Waals surface area contributed by atoms with Crippen LogP contribution in [-0.2, 0) is 19.5 Å². The number of carbonyl (C=O) groups is 1. The highest BCUT2D eigenvalue weighted by Gasteiger charge is 2.22. The van der Waals surface area contributed by atoms with Crippen LogP contribution in [0.2, 0.25) is 0 Å². The molecule has 0 fully saturated rings. The fraction of sp³-hybridized carbons (Fsp3) is 0.286. The van der Waals surface area contributed by atoms with Gasteiger partial charge in [-0.1, -0.05) is 6.07 Å². The van der Waals surface area contributed by atoms with Gasteiger partial charge in [0.2, 0.25) is 0 Å². The maximum Gasteiger partial charge on any atom is 0.317 e. The molecular weight excluding hydrogens is 370 g/mol. The van der Waals surface area contributed by atoms with Gasteiger partial charge in [0.15, 0.2) is 11.5 Å². The van der Waals surface area contributed by atoms with Crippen LogP contribution in [0.4, 0.5) is 4.79 Å². The minimum absolute atomic E-state index is 0.0934. The molecule has 8 nitrogen and oxygen atoms in total. The molecule has 29 heavy (non-hydrogen) atoms. The molecule has 4 rings (SSSR count). The predicted octanol–water partition coefficient (Wildman–Crippen LogP) is 2.55. The van der Waals surface area contributed by atoms with Crippen LogP contribution < -0.4 is 14.8 Å². The second-order valence-electron chi connectivity index (χ2n) is 6.80. The normalized spacial score (nSPS) is 13.0. The number of ether oxygens (including phenoxy) is 2. The first-order valence-corrected chi connectivity index (χ1v) is 9.37. The number of nitrogens with one attached hydrogen (secondary N) is 1. The van der Waals surface area contributed by atoms with Crippen molar-refractivity contribution in [1.82, 2.24) is 24.8 Å². The molecule has 3 aromatic rings. The van der Waals surface area contributed by atoms with Crippen molar-refractivity contribution >= 4 is 6.03 Å². The van der Waals surface area contributed by atoms with Gasteiger partial charge in [0, 0.05) is 38.2 Å². The first-order valence-electron chi connectivity index (χ1n) is 9.37. The van der Waals surface area contributed by atoms with Crippen LogP contribution in [0.15, 0.2) is 49.2 Å². The number of hydrogen-bond acceptors (Lipinski definition) is 5. The van der Waals surface area contributed by atoms with Crippen LogP contribution in [0, 0.1) is 0 Å². The van der Waals surface area contributed by atoms with E-state index in [1.165, 1.54) is 5.56 Å². The molecule has 0 unspecified atom stereocenters. The Morgan fingerprint density at radius 2 is 1.97 bits per heavy atom. The Morgan fingerprint density at radius 3 is 2.62 bits per heavy atom. The highest BCUT2D eigenvalue weighted by atomic mass is 16.5. The summed E-state index contributed by atoms with van der Waals surface area (Å²) in [6.45, 7) is 1.62. The maximum atomic E-state index is 12.6. The zero-order valence-electron chi connectivity index (χ0n) is 16.5. The van der Waals surface area contributed by atoms with E-state index in [1.54, 1.807) is 32.9 Å². The molecule has 0 radical (unpaired) electrons. The van der Waals surface area contributed by atoms with Gasteiger partial charge in [-0.15, -0.1) is 0 Å². The lowest BCUT2D eigenvalue weighted by molar-refractivity contribution is 0.191. The zero-order valence-corrected chi connectivity index (χ0v) is 16.5. The Morgan fingerprint density at radius 1 is 1.17 bits per heavy atom. The maximum absolute atomic E-state index is 12.6. The van der Waals surface area contributed by atoms with E-state index in [0.717, 1.165) is 29.1 Å². The lowest BCUT2D eigenvalue weighted by Gasteiger charge is -2.29.